The number of rotatable bonds is 6. The van der Waals surface area contributed by atoms with E-state index in [-0.39, 0.29) is 12.5 Å². The first-order valence-electron chi connectivity index (χ1n) is 8.81. The Morgan fingerprint density at radius 2 is 2.00 bits per heavy atom. The summed E-state index contributed by atoms with van der Waals surface area (Å²) in [5.41, 5.74) is 1.42. The monoisotopic (exact) mass is 316 g/mol. The first-order chi connectivity index (χ1) is 11.3. The molecule has 0 unspecified atom stereocenters. The lowest BCUT2D eigenvalue weighted by molar-refractivity contribution is -0.139. The second-order valence-electron chi connectivity index (χ2n) is 6.93. The molecule has 1 aromatic carbocycles. The van der Waals surface area contributed by atoms with Crippen LogP contribution in [0.15, 0.2) is 30.3 Å². The highest BCUT2D eigenvalue weighted by atomic mass is 16.5. The van der Waals surface area contributed by atoms with Crippen LogP contribution in [0.2, 0.25) is 0 Å². The van der Waals surface area contributed by atoms with Gasteiger partial charge in [-0.2, -0.15) is 0 Å². The van der Waals surface area contributed by atoms with Crippen molar-refractivity contribution >= 4 is 5.91 Å². The molecular weight excluding hydrogens is 288 g/mol. The number of aryl methyl sites for hydroxylation is 1. The zero-order valence-corrected chi connectivity index (χ0v) is 14.1. The summed E-state index contributed by atoms with van der Waals surface area (Å²) < 4.78 is 5.04. The minimum absolute atomic E-state index is 0.160. The number of fused-ring (bicyclic) bond motifs is 4. The maximum atomic E-state index is 12.2. The molecule has 2 bridgehead atoms. The third-order valence-corrected chi connectivity index (χ3v) is 5.16. The molecule has 126 valence electrons. The zero-order valence-electron chi connectivity index (χ0n) is 14.1. The van der Waals surface area contributed by atoms with Gasteiger partial charge in [0.2, 0.25) is 5.91 Å². The van der Waals surface area contributed by atoms with Crippen molar-refractivity contribution in [2.24, 2.45) is 5.92 Å². The van der Waals surface area contributed by atoms with Crippen LogP contribution in [0, 0.1) is 5.92 Å². The molecule has 1 aromatic rings. The highest BCUT2D eigenvalue weighted by Crippen LogP contribution is 2.28. The first-order valence-corrected chi connectivity index (χ1v) is 8.81. The Labute approximate surface area is 139 Å². The van der Waals surface area contributed by atoms with Gasteiger partial charge in [-0.25, -0.2) is 0 Å². The quantitative estimate of drug-likeness (QED) is 0.806. The normalized spacial score (nSPS) is 24.7. The van der Waals surface area contributed by atoms with Gasteiger partial charge >= 0.3 is 0 Å². The van der Waals surface area contributed by atoms with Gasteiger partial charge < -0.3 is 14.5 Å². The number of carbonyl (C=O) groups excluding carboxylic acids is 1. The molecule has 3 saturated heterocycles. The molecule has 3 heterocycles. The Hall–Kier alpha value is -1.39. The maximum Gasteiger partial charge on any atom is 0.248 e. The molecule has 0 radical (unpaired) electrons. The molecule has 23 heavy (non-hydrogen) atoms. The summed E-state index contributed by atoms with van der Waals surface area (Å²) in [5.74, 6) is 0.791. The van der Waals surface area contributed by atoms with Crippen LogP contribution in [0.5, 0.6) is 0 Å². The second kappa shape index (κ2) is 7.93. The summed E-state index contributed by atoms with van der Waals surface area (Å²) in [6.45, 7) is 4.44. The minimum Gasteiger partial charge on any atom is -0.375 e. The van der Waals surface area contributed by atoms with Crippen LogP contribution < -0.4 is 0 Å². The van der Waals surface area contributed by atoms with Crippen molar-refractivity contribution < 1.29 is 9.53 Å². The fourth-order valence-corrected chi connectivity index (χ4v) is 4.02. The molecule has 0 spiro atoms. The highest BCUT2D eigenvalue weighted by molar-refractivity contribution is 5.78. The fraction of sp³-hybridized carbons (Fsp3) is 0.632. The molecule has 4 nitrogen and oxygen atoms in total. The van der Waals surface area contributed by atoms with E-state index in [1.807, 2.05) is 0 Å². The number of amides is 1. The van der Waals surface area contributed by atoms with E-state index in [1.165, 1.54) is 18.4 Å². The van der Waals surface area contributed by atoms with Gasteiger partial charge in [0.05, 0.1) is 0 Å². The second-order valence-corrected chi connectivity index (χ2v) is 6.93. The van der Waals surface area contributed by atoms with E-state index in [0.717, 1.165) is 39.0 Å². The highest BCUT2D eigenvalue weighted by Gasteiger charge is 2.36. The van der Waals surface area contributed by atoms with Crippen molar-refractivity contribution in [3.05, 3.63) is 35.9 Å². The Morgan fingerprint density at radius 3 is 2.78 bits per heavy atom. The molecule has 0 aromatic heterocycles. The van der Waals surface area contributed by atoms with Crippen LogP contribution in [0.4, 0.5) is 0 Å². The van der Waals surface area contributed by atoms with Crippen LogP contribution >= 0.6 is 0 Å². The van der Waals surface area contributed by atoms with Crippen molar-refractivity contribution in [2.45, 2.75) is 31.7 Å². The van der Waals surface area contributed by atoms with Crippen molar-refractivity contribution in [1.29, 1.82) is 0 Å². The van der Waals surface area contributed by atoms with Gasteiger partial charge in [-0.3, -0.25) is 4.79 Å². The summed E-state index contributed by atoms with van der Waals surface area (Å²) in [7, 11) is 1.60. The predicted octanol–water partition coefficient (Wildman–Crippen LogP) is 2.19. The lowest BCUT2D eigenvalue weighted by Gasteiger charge is -2.36. The zero-order chi connectivity index (χ0) is 16.1. The van der Waals surface area contributed by atoms with Crippen molar-refractivity contribution in [3.63, 3.8) is 0 Å². The van der Waals surface area contributed by atoms with E-state index >= 15 is 0 Å². The van der Waals surface area contributed by atoms with E-state index in [4.69, 9.17) is 4.74 Å². The molecule has 3 aliphatic heterocycles. The molecule has 1 amide bonds. The predicted molar refractivity (Wildman–Crippen MR) is 91.3 cm³/mol. The Balaban J connectivity index is 1.51. The largest absolute Gasteiger partial charge is 0.375 e. The van der Waals surface area contributed by atoms with Gasteiger partial charge in [0, 0.05) is 32.8 Å². The average Bonchev–Trinajstić information content (AvgIpc) is 2.87. The number of hydrogen-bond acceptors (Lipinski definition) is 3. The third kappa shape index (κ3) is 4.33. The number of hydrogen-bond donors (Lipinski definition) is 0. The minimum atomic E-state index is 0.160. The van der Waals surface area contributed by atoms with Crippen LogP contribution in [0.1, 0.15) is 24.8 Å². The molecule has 2 atom stereocenters. The van der Waals surface area contributed by atoms with Gasteiger partial charge in [0.1, 0.15) is 6.61 Å². The van der Waals surface area contributed by atoms with Crippen molar-refractivity contribution in [1.82, 2.24) is 9.80 Å². The van der Waals surface area contributed by atoms with Crippen LogP contribution in [0.25, 0.3) is 0 Å². The third-order valence-electron chi connectivity index (χ3n) is 5.16. The maximum absolute atomic E-state index is 12.2. The molecule has 0 aliphatic carbocycles. The van der Waals surface area contributed by atoms with Gasteiger partial charge in [0.15, 0.2) is 0 Å². The molecule has 0 saturated carbocycles. The molecular formula is C19H28N2O2. The Bertz CT molecular complexity index is 505. The molecule has 3 fully saturated rings. The SMILES string of the molecule is COCC(=O)N1C[C@@H]2CC[C@H]1CN(CCCc1ccccc1)C2. The van der Waals surface area contributed by atoms with Crippen LogP contribution in [-0.4, -0.2) is 61.6 Å². The number of ether oxygens (including phenoxy) is 1. The summed E-state index contributed by atoms with van der Waals surface area (Å²) >= 11 is 0. The van der Waals surface area contributed by atoms with Crippen LogP contribution in [0.3, 0.4) is 0 Å². The summed E-state index contributed by atoms with van der Waals surface area (Å²) in [5, 5.41) is 0. The van der Waals surface area contributed by atoms with E-state index in [9.17, 15) is 4.79 Å². The van der Waals surface area contributed by atoms with E-state index in [2.05, 4.69) is 40.1 Å². The van der Waals surface area contributed by atoms with Crippen molar-refractivity contribution in [3.8, 4) is 0 Å². The molecule has 4 heteroatoms. The number of carbonyl (C=O) groups is 1. The number of nitrogens with zero attached hydrogens (tertiary/aromatic N) is 2. The summed E-state index contributed by atoms with van der Waals surface area (Å²) in [6, 6.07) is 11.1. The topological polar surface area (TPSA) is 32.8 Å². The molecule has 0 N–H and O–H groups in total. The van der Waals surface area contributed by atoms with E-state index in [1.54, 1.807) is 7.11 Å². The standard InChI is InChI=1S/C19H28N2O2/c1-23-15-19(22)21-13-17-9-10-18(21)14-20(12-17)11-5-8-16-6-3-2-4-7-16/h2-4,6-7,17-18H,5,8-15H2,1H3/t17-,18+/m1/s1. The Kier molecular flexibility index (Phi) is 5.68. The lowest BCUT2D eigenvalue weighted by Crippen LogP contribution is -2.48. The molecule has 3 aliphatic rings. The van der Waals surface area contributed by atoms with Gasteiger partial charge in [-0.05, 0) is 43.7 Å². The lowest BCUT2D eigenvalue weighted by atomic mass is 9.95. The number of piperidine rings is 1. The van der Waals surface area contributed by atoms with E-state index < -0.39 is 0 Å². The van der Waals surface area contributed by atoms with Crippen LogP contribution in [-0.2, 0) is 16.0 Å². The van der Waals surface area contributed by atoms with Gasteiger partial charge in [-0.15, -0.1) is 0 Å². The average molecular weight is 316 g/mol. The summed E-state index contributed by atoms with van der Waals surface area (Å²) in [4.78, 5) is 16.9. The van der Waals surface area contributed by atoms with Gasteiger partial charge in [0.25, 0.3) is 0 Å². The van der Waals surface area contributed by atoms with Gasteiger partial charge in [-0.1, -0.05) is 30.3 Å². The van der Waals surface area contributed by atoms with E-state index in [0.29, 0.717) is 12.0 Å². The number of benzene rings is 1. The summed E-state index contributed by atoms with van der Waals surface area (Å²) in [6.07, 6.45) is 4.74. The molecule has 4 rings (SSSR count). The number of methoxy groups -OCH3 is 1. The smallest absolute Gasteiger partial charge is 0.248 e. The first kappa shape index (κ1) is 16.5. The van der Waals surface area contributed by atoms with Crippen molar-refractivity contribution in [2.75, 3.05) is 39.9 Å². The fourth-order valence-electron chi connectivity index (χ4n) is 4.02. The Morgan fingerprint density at radius 1 is 1.17 bits per heavy atom.